The molecule has 1 heterocycles. The SMILES string of the molecule is CC(C)(C)c1cc(-n2c3ccccc3c3cc(N(c4ccc(-c5ccccc5)cc4)c4ccc5ccccc5c4)ccc32)cc(C(C)(C)C)c1. The molecule has 0 atom stereocenters. The summed E-state index contributed by atoms with van der Waals surface area (Å²) < 4.78 is 2.47. The van der Waals surface area contributed by atoms with E-state index >= 15 is 0 Å². The summed E-state index contributed by atoms with van der Waals surface area (Å²) in [6.07, 6.45) is 0. The van der Waals surface area contributed by atoms with E-state index in [-0.39, 0.29) is 10.8 Å². The number of benzene rings is 7. The summed E-state index contributed by atoms with van der Waals surface area (Å²) in [4.78, 5) is 2.39. The maximum atomic E-state index is 2.47. The van der Waals surface area contributed by atoms with Crippen molar-refractivity contribution < 1.29 is 0 Å². The van der Waals surface area contributed by atoms with Gasteiger partial charge < -0.3 is 9.47 Å². The van der Waals surface area contributed by atoms with Crippen LogP contribution in [0.15, 0.2) is 158 Å². The molecule has 0 saturated heterocycles. The molecule has 8 aromatic rings. The van der Waals surface area contributed by atoms with Gasteiger partial charge in [-0.05, 0) is 105 Å². The zero-order valence-corrected chi connectivity index (χ0v) is 29.9. The van der Waals surface area contributed by atoms with Gasteiger partial charge in [-0.1, -0.05) is 139 Å². The fourth-order valence-electron chi connectivity index (χ4n) is 7.18. The number of hydrogen-bond donors (Lipinski definition) is 0. The third kappa shape index (κ3) is 5.75. The quantitative estimate of drug-likeness (QED) is 0.180. The molecule has 2 nitrogen and oxygen atoms in total. The first-order valence-corrected chi connectivity index (χ1v) is 17.7. The fraction of sp³-hybridized carbons (Fsp3) is 0.167. The number of rotatable bonds is 5. The van der Waals surface area contributed by atoms with Gasteiger partial charge in [-0.3, -0.25) is 0 Å². The minimum Gasteiger partial charge on any atom is -0.310 e. The lowest BCUT2D eigenvalue weighted by molar-refractivity contribution is 0.568. The predicted octanol–water partition coefficient (Wildman–Crippen LogP) is 13.7. The van der Waals surface area contributed by atoms with Crippen LogP contribution >= 0.6 is 0 Å². The van der Waals surface area contributed by atoms with Gasteiger partial charge in [0.05, 0.1) is 11.0 Å². The van der Waals surface area contributed by atoms with Crippen LogP contribution in [0, 0.1) is 0 Å². The van der Waals surface area contributed by atoms with Gasteiger partial charge in [0.25, 0.3) is 0 Å². The zero-order valence-electron chi connectivity index (χ0n) is 29.9. The van der Waals surface area contributed by atoms with Gasteiger partial charge in [-0.15, -0.1) is 0 Å². The van der Waals surface area contributed by atoms with Crippen LogP contribution in [0.3, 0.4) is 0 Å². The maximum Gasteiger partial charge on any atom is 0.0542 e. The Hall–Kier alpha value is -5.60. The minimum atomic E-state index is 0.0261. The Morgan fingerprint density at radius 3 is 1.64 bits per heavy atom. The van der Waals surface area contributed by atoms with Gasteiger partial charge in [0, 0.05) is 33.5 Å². The van der Waals surface area contributed by atoms with Crippen LogP contribution in [0.5, 0.6) is 0 Å². The predicted molar refractivity (Wildman–Crippen MR) is 216 cm³/mol. The molecule has 1 aromatic heterocycles. The van der Waals surface area contributed by atoms with Crippen molar-refractivity contribution in [3.05, 3.63) is 169 Å². The van der Waals surface area contributed by atoms with Crippen LogP contribution in [0.1, 0.15) is 52.7 Å². The Balaban J connectivity index is 1.34. The van der Waals surface area contributed by atoms with Crippen molar-refractivity contribution in [2.45, 2.75) is 52.4 Å². The molecule has 50 heavy (non-hydrogen) atoms. The highest BCUT2D eigenvalue weighted by molar-refractivity contribution is 6.10. The molecule has 0 amide bonds. The average Bonchev–Trinajstić information content (AvgIpc) is 3.45. The number of anilines is 3. The van der Waals surface area contributed by atoms with Crippen LogP contribution in [-0.4, -0.2) is 4.57 Å². The van der Waals surface area contributed by atoms with Crippen LogP contribution in [0.25, 0.3) is 49.4 Å². The van der Waals surface area contributed by atoms with E-state index in [0.29, 0.717) is 0 Å². The van der Waals surface area contributed by atoms with Gasteiger partial charge in [0.2, 0.25) is 0 Å². The highest BCUT2D eigenvalue weighted by Gasteiger charge is 2.23. The number of fused-ring (bicyclic) bond motifs is 4. The van der Waals surface area contributed by atoms with Crippen molar-refractivity contribution >= 4 is 49.6 Å². The summed E-state index contributed by atoms with van der Waals surface area (Å²) in [5.74, 6) is 0. The highest BCUT2D eigenvalue weighted by Crippen LogP contribution is 2.42. The van der Waals surface area contributed by atoms with Gasteiger partial charge >= 0.3 is 0 Å². The van der Waals surface area contributed by atoms with Gasteiger partial charge in [0.15, 0.2) is 0 Å². The summed E-state index contributed by atoms with van der Waals surface area (Å²) in [7, 11) is 0. The summed E-state index contributed by atoms with van der Waals surface area (Å²) in [5.41, 5.74) is 12.2. The monoisotopic (exact) mass is 648 g/mol. The number of aromatic nitrogens is 1. The van der Waals surface area contributed by atoms with E-state index in [4.69, 9.17) is 0 Å². The van der Waals surface area contributed by atoms with Gasteiger partial charge in [0.1, 0.15) is 0 Å². The molecular weight excluding hydrogens is 605 g/mol. The molecule has 0 bridgehead atoms. The van der Waals surface area contributed by atoms with E-state index in [1.807, 2.05) is 0 Å². The van der Waals surface area contributed by atoms with Crippen LogP contribution in [0.2, 0.25) is 0 Å². The number of para-hydroxylation sites is 1. The number of nitrogens with zero attached hydrogens (tertiary/aromatic N) is 2. The Kier molecular flexibility index (Phi) is 7.64. The summed E-state index contributed by atoms with van der Waals surface area (Å²) >= 11 is 0. The summed E-state index contributed by atoms with van der Waals surface area (Å²) in [5, 5.41) is 4.95. The third-order valence-corrected chi connectivity index (χ3v) is 10.0. The van der Waals surface area contributed by atoms with Crippen molar-refractivity contribution in [2.24, 2.45) is 0 Å². The molecule has 0 spiro atoms. The van der Waals surface area contributed by atoms with Crippen LogP contribution in [-0.2, 0) is 10.8 Å². The Morgan fingerprint density at radius 1 is 0.400 bits per heavy atom. The molecule has 0 fully saturated rings. The Labute approximate surface area is 296 Å². The lowest BCUT2D eigenvalue weighted by Gasteiger charge is -2.27. The molecule has 0 N–H and O–H groups in total. The second-order valence-corrected chi connectivity index (χ2v) is 15.6. The molecule has 0 aliphatic carbocycles. The standard InChI is InChI=1S/C48H44N2/c1-47(2,3)37-29-38(48(4,5)6)31-42(30-37)50-45-19-13-12-18-43(45)44-32-41(26-27-46(44)50)49(40-25-22-34-16-10-11-17-36(34)28-40)39-23-20-35(21-24-39)33-14-8-7-9-15-33/h7-32H,1-6H3. The molecule has 7 aromatic carbocycles. The molecule has 0 aliphatic heterocycles. The van der Waals surface area contributed by atoms with Crippen molar-refractivity contribution in [3.8, 4) is 16.8 Å². The Bertz CT molecular complexity index is 2450. The number of hydrogen-bond acceptors (Lipinski definition) is 1. The molecule has 8 rings (SSSR count). The highest BCUT2D eigenvalue weighted by atomic mass is 15.1. The normalized spacial score (nSPS) is 12.2. The molecule has 0 radical (unpaired) electrons. The largest absolute Gasteiger partial charge is 0.310 e. The second kappa shape index (κ2) is 12.1. The van der Waals surface area contributed by atoms with Crippen molar-refractivity contribution in [3.63, 3.8) is 0 Å². The lowest BCUT2D eigenvalue weighted by Crippen LogP contribution is -2.17. The molecule has 2 heteroatoms. The first-order chi connectivity index (χ1) is 24.0. The third-order valence-electron chi connectivity index (χ3n) is 10.0. The second-order valence-electron chi connectivity index (χ2n) is 15.6. The topological polar surface area (TPSA) is 8.17 Å². The Morgan fingerprint density at radius 2 is 0.940 bits per heavy atom. The van der Waals surface area contributed by atoms with Gasteiger partial charge in [-0.25, -0.2) is 0 Å². The van der Waals surface area contributed by atoms with Crippen molar-refractivity contribution in [1.29, 1.82) is 0 Å². The fourth-order valence-corrected chi connectivity index (χ4v) is 7.18. The minimum absolute atomic E-state index is 0.0261. The first kappa shape index (κ1) is 31.7. The first-order valence-electron chi connectivity index (χ1n) is 17.7. The van der Waals surface area contributed by atoms with Crippen LogP contribution < -0.4 is 4.90 Å². The lowest BCUT2D eigenvalue weighted by atomic mass is 9.80. The van der Waals surface area contributed by atoms with E-state index in [1.54, 1.807) is 0 Å². The zero-order chi connectivity index (χ0) is 34.6. The molecule has 246 valence electrons. The van der Waals surface area contributed by atoms with E-state index in [0.717, 1.165) is 17.1 Å². The van der Waals surface area contributed by atoms with E-state index in [1.165, 1.54) is 60.5 Å². The molecule has 0 aliphatic rings. The van der Waals surface area contributed by atoms with Crippen molar-refractivity contribution in [2.75, 3.05) is 4.90 Å². The van der Waals surface area contributed by atoms with E-state index in [9.17, 15) is 0 Å². The summed E-state index contributed by atoms with van der Waals surface area (Å²) in [6.45, 7) is 13.9. The van der Waals surface area contributed by atoms with Crippen LogP contribution in [0.4, 0.5) is 17.1 Å². The molecule has 0 unspecified atom stereocenters. The molecular formula is C48H44N2. The molecule has 0 saturated carbocycles. The van der Waals surface area contributed by atoms with E-state index in [2.05, 4.69) is 209 Å². The maximum absolute atomic E-state index is 2.47. The van der Waals surface area contributed by atoms with E-state index < -0.39 is 0 Å². The summed E-state index contributed by atoms with van der Waals surface area (Å²) in [6, 6.07) is 58.0. The van der Waals surface area contributed by atoms with Gasteiger partial charge in [-0.2, -0.15) is 0 Å². The average molecular weight is 649 g/mol. The smallest absolute Gasteiger partial charge is 0.0542 e. The van der Waals surface area contributed by atoms with Crippen molar-refractivity contribution in [1.82, 2.24) is 4.57 Å².